The lowest BCUT2D eigenvalue weighted by atomic mass is 9.93. The molecule has 4 heteroatoms. The molecule has 2 unspecified atom stereocenters. The number of hydrogen-bond donors (Lipinski definition) is 1. The number of nitrogens with zero attached hydrogens (tertiary/aromatic N) is 1. The summed E-state index contributed by atoms with van der Waals surface area (Å²) in [5.41, 5.74) is 8.55. The minimum atomic E-state index is -0.0494. The molecule has 2 atom stereocenters. The summed E-state index contributed by atoms with van der Waals surface area (Å²) in [5, 5.41) is 0. The SMILES string of the molecule is COC1(C)CCCN(c2cc(Br)ccc2CC(C)N)C1. The van der Waals surface area contributed by atoms with E-state index >= 15 is 0 Å². The van der Waals surface area contributed by atoms with Crippen molar-refractivity contribution in [1.29, 1.82) is 0 Å². The fourth-order valence-electron chi connectivity index (χ4n) is 2.93. The van der Waals surface area contributed by atoms with Gasteiger partial charge in [0.15, 0.2) is 0 Å². The molecule has 1 heterocycles. The summed E-state index contributed by atoms with van der Waals surface area (Å²) in [6.07, 6.45) is 3.19. The molecule has 112 valence electrons. The summed E-state index contributed by atoms with van der Waals surface area (Å²) < 4.78 is 6.82. The molecule has 0 bridgehead atoms. The van der Waals surface area contributed by atoms with Gasteiger partial charge in [0, 0.05) is 36.4 Å². The number of ether oxygens (including phenoxy) is 1. The van der Waals surface area contributed by atoms with Gasteiger partial charge in [-0.05, 0) is 50.8 Å². The number of hydrogen-bond acceptors (Lipinski definition) is 3. The summed E-state index contributed by atoms with van der Waals surface area (Å²) in [6, 6.07) is 6.66. The van der Waals surface area contributed by atoms with Crippen LogP contribution in [0.2, 0.25) is 0 Å². The van der Waals surface area contributed by atoms with Crippen LogP contribution in [0.3, 0.4) is 0 Å². The van der Waals surface area contributed by atoms with Crippen LogP contribution in [-0.2, 0) is 11.2 Å². The average molecular weight is 341 g/mol. The van der Waals surface area contributed by atoms with E-state index in [1.807, 2.05) is 7.11 Å². The van der Waals surface area contributed by atoms with Crippen LogP contribution in [0.15, 0.2) is 22.7 Å². The van der Waals surface area contributed by atoms with Crippen LogP contribution in [0.4, 0.5) is 5.69 Å². The van der Waals surface area contributed by atoms with Crippen LogP contribution in [0.5, 0.6) is 0 Å². The molecule has 0 aromatic heterocycles. The molecule has 0 spiro atoms. The van der Waals surface area contributed by atoms with Crippen LogP contribution in [0.25, 0.3) is 0 Å². The van der Waals surface area contributed by atoms with E-state index in [0.717, 1.165) is 36.8 Å². The normalized spacial score (nSPS) is 24.8. The fourth-order valence-corrected chi connectivity index (χ4v) is 3.28. The Hall–Kier alpha value is -0.580. The van der Waals surface area contributed by atoms with Crippen molar-refractivity contribution >= 4 is 21.6 Å². The Kier molecular flexibility index (Phi) is 5.10. The van der Waals surface area contributed by atoms with Gasteiger partial charge in [0.1, 0.15) is 0 Å². The van der Waals surface area contributed by atoms with E-state index in [9.17, 15) is 0 Å². The molecule has 1 saturated heterocycles. The molecule has 0 aliphatic carbocycles. The molecule has 1 aromatic rings. The lowest BCUT2D eigenvalue weighted by Crippen LogP contribution is -2.47. The highest BCUT2D eigenvalue weighted by atomic mass is 79.9. The van der Waals surface area contributed by atoms with Gasteiger partial charge in [0.05, 0.1) is 5.60 Å². The van der Waals surface area contributed by atoms with Crippen LogP contribution >= 0.6 is 15.9 Å². The Morgan fingerprint density at radius 1 is 1.50 bits per heavy atom. The van der Waals surface area contributed by atoms with Crippen LogP contribution in [-0.4, -0.2) is 31.8 Å². The molecule has 3 nitrogen and oxygen atoms in total. The first-order valence-corrected chi connectivity index (χ1v) is 8.07. The first-order valence-electron chi connectivity index (χ1n) is 7.28. The Labute approximate surface area is 130 Å². The van der Waals surface area contributed by atoms with Crippen molar-refractivity contribution in [3.8, 4) is 0 Å². The van der Waals surface area contributed by atoms with Crippen molar-refractivity contribution in [3.05, 3.63) is 28.2 Å². The smallest absolute Gasteiger partial charge is 0.0825 e. The molecule has 2 N–H and O–H groups in total. The first kappa shape index (κ1) is 15.8. The second-order valence-electron chi connectivity index (χ2n) is 6.13. The standard InChI is InChI=1S/C16H25BrN2O/c1-12(18)9-13-5-6-14(17)10-15(13)19-8-4-7-16(2,11-19)20-3/h5-6,10,12H,4,7-9,11,18H2,1-3H3. The quantitative estimate of drug-likeness (QED) is 0.913. The monoisotopic (exact) mass is 340 g/mol. The molecule has 20 heavy (non-hydrogen) atoms. The maximum atomic E-state index is 5.99. The lowest BCUT2D eigenvalue weighted by molar-refractivity contribution is -0.00468. The molecule has 1 aliphatic heterocycles. The van der Waals surface area contributed by atoms with Crippen molar-refractivity contribution in [2.75, 3.05) is 25.1 Å². The largest absolute Gasteiger partial charge is 0.377 e. The topological polar surface area (TPSA) is 38.5 Å². The molecule has 2 rings (SSSR count). The second-order valence-corrected chi connectivity index (χ2v) is 7.05. The predicted octanol–water partition coefficient (Wildman–Crippen LogP) is 3.34. The minimum Gasteiger partial charge on any atom is -0.377 e. The summed E-state index contributed by atoms with van der Waals surface area (Å²) >= 11 is 3.59. The predicted molar refractivity (Wildman–Crippen MR) is 88.4 cm³/mol. The van der Waals surface area contributed by atoms with Gasteiger partial charge >= 0.3 is 0 Å². The van der Waals surface area contributed by atoms with Crippen molar-refractivity contribution < 1.29 is 4.74 Å². The van der Waals surface area contributed by atoms with E-state index in [4.69, 9.17) is 10.5 Å². The van der Waals surface area contributed by atoms with Crippen molar-refractivity contribution in [3.63, 3.8) is 0 Å². The second kappa shape index (κ2) is 6.46. The Bertz CT molecular complexity index is 464. The zero-order chi connectivity index (χ0) is 14.8. The Morgan fingerprint density at radius 3 is 2.90 bits per heavy atom. The van der Waals surface area contributed by atoms with E-state index in [2.05, 4.69) is 52.9 Å². The molecular weight excluding hydrogens is 316 g/mol. The van der Waals surface area contributed by atoms with E-state index in [0.29, 0.717) is 0 Å². The summed E-state index contributed by atoms with van der Waals surface area (Å²) in [6.45, 7) is 6.27. The number of nitrogens with two attached hydrogens (primary N) is 1. The summed E-state index contributed by atoms with van der Waals surface area (Å²) in [7, 11) is 1.81. The fraction of sp³-hybridized carbons (Fsp3) is 0.625. The number of rotatable bonds is 4. The number of anilines is 1. The number of piperidine rings is 1. The van der Waals surface area contributed by atoms with Crippen LogP contribution in [0.1, 0.15) is 32.3 Å². The van der Waals surface area contributed by atoms with E-state index < -0.39 is 0 Å². The van der Waals surface area contributed by atoms with Gasteiger partial charge in [0.25, 0.3) is 0 Å². The number of benzene rings is 1. The van der Waals surface area contributed by atoms with Gasteiger partial charge in [0.2, 0.25) is 0 Å². The Balaban J connectivity index is 2.28. The van der Waals surface area contributed by atoms with Gasteiger partial charge in [-0.2, -0.15) is 0 Å². The van der Waals surface area contributed by atoms with Crippen LogP contribution < -0.4 is 10.6 Å². The average Bonchev–Trinajstić information content (AvgIpc) is 2.40. The van der Waals surface area contributed by atoms with Gasteiger partial charge < -0.3 is 15.4 Å². The molecule has 0 saturated carbocycles. The van der Waals surface area contributed by atoms with E-state index in [-0.39, 0.29) is 11.6 Å². The van der Waals surface area contributed by atoms with E-state index in [1.165, 1.54) is 11.3 Å². The third-order valence-corrected chi connectivity index (χ3v) is 4.57. The van der Waals surface area contributed by atoms with Gasteiger partial charge in [-0.15, -0.1) is 0 Å². The van der Waals surface area contributed by atoms with Gasteiger partial charge in [-0.3, -0.25) is 0 Å². The zero-order valence-electron chi connectivity index (χ0n) is 12.7. The van der Waals surface area contributed by atoms with E-state index in [1.54, 1.807) is 0 Å². The maximum Gasteiger partial charge on any atom is 0.0825 e. The molecular formula is C16H25BrN2O. The number of halogens is 1. The van der Waals surface area contributed by atoms with Gasteiger partial charge in [-0.1, -0.05) is 22.0 Å². The first-order chi connectivity index (χ1) is 9.43. The molecule has 1 aromatic carbocycles. The van der Waals surface area contributed by atoms with Gasteiger partial charge in [-0.25, -0.2) is 0 Å². The minimum absolute atomic E-state index is 0.0494. The lowest BCUT2D eigenvalue weighted by Gasteiger charge is -2.41. The highest BCUT2D eigenvalue weighted by molar-refractivity contribution is 9.10. The maximum absolute atomic E-state index is 5.99. The highest BCUT2D eigenvalue weighted by Gasteiger charge is 2.31. The van der Waals surface area contributed by atoms with Crippen LogP contribution in [0, 0.1) is 0 Å². The molecule has 1 aliphatic rings. The molecule has 1 fully saturated rings. The highest BCUT2D eigenvalue weighted by Crippen LogP contribution is 2.32. The van der Waals surface area contributed by atoms with Crippen molar-refractivity contribution in [2.45, 2.75) is 44.8 Å². The third kappa shape index (κ3) is 3.74. The molecule has 0 radical (unpaired) electrons. The zero-order valence-corrected chi connectivity index (χ0v) is 14.2. The Morgan fingerprint density at radius 2 is 2.25 bits per heavy atom. The van der Waals surface area contributed by atoms with Crippen molar-refractivity contribution in [2.24, 2.45) is 5.73 Å². The summed E-state index contributed by atoms with van der Waals surface area (Å²) in [5.74, 6) is 0. The number of methoxy groups -OCH3 is 1. The molecule has 0 amide bonds. The third-order valence-electron chi connectivity index (χ3n) is 4.08. The summed E-state index contributed by atoms with van der Waals surface area (Å²) in [4.78, 5) is 2.44. The van der Waals surface area contributed by atoms with Crippen molar-refractivity contribution in [1.82, 2.24) is 0 Å².